The second-order valence-corrected chi connectivity index (χ2v) is 8.25. The first-order valence-corrected chi connectivity index (χ1v) is 9.52. The molecule has 1 amide bonds. The van der Waals surface area contributed by atoms with E-state index in [1.165, 1.54) is 12.1 Å². The van der Waals surface area contributed by atoms with E-state index in [1.807, 2.05) is 16.9 Å². The van der Waals surface area contributed by atoms with E-state index in [0.29, 0.717) is 11.4 Å². The Morgan fingerprint density at radius 3 is 2.04 bits per heavy atom. The van der Waals surface area contributed by atoms with Crippen LogP contribution in [0, 0.1) is 0 Å². The number of amides is 1. The number of benzene rings is 2. The Morgan fingerprint density at radius 2 is 1.39 bits per heavy atom. The lowest BCUT2D eigenvalue weighted by molar-refractivity contribution is 0.0985. The third-order valence-electron chi connectivity index (χ3n) is 3.36. The fraction of sp³-hybridized carbons (Fsp3) is 0.0714. The van der Waals surface area contributed by atoms with E-state index < -0.39 is 26.0 Å². The summed E-state index contributed by atoms with van der Waals surface area (Å²) >= 11 is 0. The number of rotatable bonds is 0. The summed E-state index contributed by atoms with van der Waals surface area (Å²) in [6.07, 6.45) is 0. The van der Waals surface area contributed by atoms with Gasteiger partial charge in [0.25, 0.3) is 15.9 Å². The zero-order valence-corrected chi connectivity index (χ0v) is 13.3. The lowest BCUT2D eigenvalue weighted by atomic mass is 10.2. The minimum atomic E-state index is -3.55. The van der Waals surface area contributed by atoms with Crippen LogP contribution < -0.4 is 9.44 Å². The molecule has 2 aliphatic rings. The molecule has 23 heavy (non-hydrogen) atoms. The van der Waals surface area contributed by atoms with Crippen LogP contribution in [-0.2, 0) is 26.6 Å². The summed E-state index contributed by atoms with van der Waals surface area (Å²) in [6.45, 7) is 0.429. The van der Waals surface area contributed by atoms with Crippen molar-refractivity contribution >= 4 is 26.0 Å². The monoisotopic (exact) mass is 352 g/mol. The quantitative estimate of drug-likeness (QED) is 0.721. The number of sulfonamides is 2. The van der Waals surface area contributed by atoms with Crippen LogP contribution in [0.15, 0.2) is 58.3 Å². The molecule has 9 heteroatoms. The molecule has 0 unspecified atom stereocenters. The lowest BCUT2D eigenvalue weighted by Crippen LogP contribution is -2.20. The van der Waals surface area contributed by atoms with Crippen LogP contribution in [0.4, 0.5) is 0 Å². The second-order valence-electron chi connectivity index (χ2n) is 4.86. The van der Waals surface area contributed by atoms with E-state index in [2.05, 4.69) is 4.72 Å². The maximum Gasteiger partial charge on any atom is 0.266 e. The molecule has 2 N–H and O–H groups in total. The zero-order valence-electron chi connectivity index (χ0n) is 11.7. The molecule has 0 spiro atoms. The van der Waals surface area contributed by atoms with Gasteiger partial charge in [0.15, 0.2) is 0 Å². The van der Waals surface area contributed by atoms with Gasteiger partial charge in [-0.05, 0) is 23.8 Å². The highest BCUT2D eigenvalue weighted by Gasteiger charge is 2.31. The molecule has 7 nitrogen and oxygen atoms in total. The molecular formula is C14H12N2O5S2. The van der Waals surface area contributed by atoms with Crippen molar-refractivity contribution in [2.45, 2.75) is 16.3 Å². The van der Waals surface area contributed by atoms with E-state index >= 15 is 0 Å². The summed E-state index contributed by atoms with van der Waals surface area (Å²) in [4.78, 5) is 11.5. The minimum Gasteiger partial charge on any atom is -0.268 e. The molecule has 2 aromatic rings. The third-order valence-corrected chi connectivity index (χ3v) is 6.25. The summed E-state index contributed by atoms with van der Waals surface area (Å²) in [5.41, 5.74) is 1.07. The summed E-state index contributed by atoms with van der Waals surface area (Å²) in [7, 11) is -6.71. The van der Waals surface area contributed by atoms with Crippen molar-refractivity contribution in [3.05, 3.63) is 59.7 Å². The minimum absolute atomic E-state index is 0.0648. The molecule has 2 aromatic carbocycles. The fourth-order valence-corrected chi connectivity index (χ4v) is 4.70. The van der Waals surface area contributed by atoms with Gasteiger partial charge in [0.05, 0.1) is 10.5 Å². The van der Waals surface area contributed by atoms with Crippen molar-refractivity contribution in [1.82, 2.24) is 9.44 Å². The van der Waals surface area contributed by atoms with Crippen molar-refractivity contribution in [3.63, 3.8) is 0 Å². The van der Waals surface area contributed by atoms with Gasteiger partial charge in [-0.15, -0.1) is 0 Å². The maximum absolute atomic E-state index is 11.1. The number of fused-ring (bicyclic) bond motifs is 2. The van der Waals surface area contributed by atoms with Crippen molar-refractivity contribution in [2.75, 3.05) is 0 Å². The normalized spacial score (nSPS) is 19.0. The zero-order chi connectivity index (χ0) is 16.7. The van der Waals surface area contributed by atoms with Crippen LogP contribution in [0.1, 0.15) is 15.9 Å². The van der Waals surface area contributed by atoms with Gasteiger partial charge in [-0.2, -0.15) is 0 Å². The second kappa shape index (κ2) is 5.44. The molecule has 4 rings (SSSR count). The summed E-state index contributed by atoms with van der Waals surface area (Å²) in [6, 6.07) is 13.1. The van der Waals surface area contributed by atoms with Crippen LogP contribution in [0.3, 0.4) is 0 Å². The van der Waals surface area contributed by atoms with Crippen LogP contribution in [0.5, 0.6) is 0 Å². The SMILES string of the molecule is O=C1NS(=O)(=O)c2ccccc21.O=S1(=O)NCc2ccccc21. The molecule has 2 aliphatic heterocycles. The maximum atomic E-state index is 11.1. The average molecular weight is 352 g/mol. The molecule has 0 saturated heterocycles. The molecule has 0 atom stereocenters. The molecule has 0 fully saturated rings. The topological polar surface area (TPSA) is 109 Å². The Kier molecular flexibility index (Phi) is 3.71. The van der Waals surface area contributed by atoms with Gasteiger partial charge in [-0.25, -0.2) is 26.3 Å². The Morgan fingerprint density at radius 1 is 0.783 bits per heavy atom. The first kappa shape index (κ1) is 15.7. The van der Waals surface area contributed by atoms with E-state index in [9.17, 15) is 21.6 Å². The van der Waals surface area contributed by atoms with Crippen molar-refractivity contribution in [2.24, 2.45) is 0 Å². The summed E-state index contributed by atoms with van der Waals surface area (Å²) in [5.74, 6) is -0.550. The summed E-state index contributed by atoms with van der Waals surface area (Å²) < 4.78 is 48.9. The Balaban J connectivity index is 0.000000136. The van der Waals surface area contributed by atoms with Gasteiger partial charge >= 0.3 is 0 Å². The molecule has 0 bridgehead atoms. The van der Waals surface area contributed by atoms with Crippen LogP contribution >= 0.6 is 0 Å². The van der Waals surface area contributed by atoms with Gasteiger partial charge < -0.3 is 0 Å². The number of hydrogen-bond donors (Lipinski definition) is 2. The highest BCUT2D eigenvalue weighted by Crippen LogP contribution is 2.21. The Hall–Kier alpha value is -2.23. The molecule has 120 valence electrons. The fourth-order valence-electron chi connectivity index (χ4n) is 2.28. The Labute approximate surface area is 133 Å². The standard InChI is InChI=1S/C7H5NO3S.C7H7NO2S/c9-7-5-3-1-2-4-6(5)12(10,11)8-7;9-11(10)7-4-2-1-3-6(7)5-8-11/h1-4H,(H,8,9);1-4,8H,5H2. The van der Waals surface area contributed by atoms with Gasteiger partial charge in [0.1, 0.15) is 4.90 Å². The molecule has 0 aromatic heterocycles. The van der Waals surface area contributed by atoms with Crippen molar-refractivity contribution < 1.29 is 21.6 Å². The van der Waals surface area contributed by atoms with Crippen LogP contribution in [0.25, 0.3) is 0 Å². The summed E-state index contributed by atoms with van der Waals surface area (Å²) in [5, 5.41) is 0. The number of carbonyl (C=O) groups excluding carboxylic acids is 1. The number of carbonyl (C=O) groups is 1. The van der Waals surface area contributed by atoms with Gasteiger partial charge in [-0.3, -0.25) is 4.79 Å². The molecule has 0 aliphatic carbocycles. The highest BCUT2D eigenvalue weighted by molar-refractivity contribution is 7.90. The van der Waals surface area contributed by atoms with Crippen LogP contribution in [-0.4, -0.2) is 22.7 Å². The van der Waals surface area contributed by atoms with Crippen molar-refractivity contribution in [1.29, 1.82) is 0 Å². The molecular weight excluding hydrogens is 340 g/mol. The average Bonchev–Trinajstić information content (AvgIpc) is 2.95. The molecule has 0 radical (unpaired) electrons. The number of nitrogens with one attached hydrogen (secondary N) is 2. The van der Waals surface area contributed by atoms with E-state index in [-0.39, 0.29) is 10.5 Å². The number of hydrogen-bond acceptors (Lipinski definition) is 5. The highest BCUT2D eigenvalue weighted by atomic mass is 32.2. The van der Waals surface area contributed by atoms with Gasteiger partial charge in [-0.1, -0.05) is 30.3 Å². The largest absolute Gasteiger partial charge is 0.268 e. The van der Waals surface area contributed by atoms with Gasteiger partial charge in [0, 0.05) is 6.54 Å². The van der Waals surface area contributed by atoms with Gasteiger partial charge in [0.2, 0.25) is 10.0 Å². The smallest absolute Gasteiger partial charge is 0.266 e. The van der Waals surface area contributed by atoms with Crippen molar-refractivity contribution in [3.8, 4) is 0 Å². The molecule has 2 heterocycles. The predicted molar refractivity (Wildman–Crippen MR) is 81.6 cm³/mol. The third kappa shape index (κ3) is 2.85. The Bertz CT molecular complexity index is 997. The van der Waals surface area contributed by atoms with E-state index in [1.54, 1.807) is 24.3 Å². The lowest BCUT2D eigenvalue weighted by Gasteiger charge is -1.92. The van der Waals surface area contributed by atoms with Crippen LogP contribution in [0.2, 0.25) is 0 Å². The first-order chi connectivity index (χ1) is 10.8. The van der Waals surface area contributed by atoms with E-state index in [4.69, 9.17) is 0 Å². The van der Waals surface area contributed by atoms with E-state index in [0.717, 1.165) is 5.56 Å². The predicted octanol–water partition coefficient (Wildman–Crippen LogP) is 0.597. The first-order valence-electron chi connectivity index (χ1n) is 6.55. The molecule has 0 saturated carbocycles.